The molecule has 1 aromatic carbocycles. The van der Waals surface area contributed by atoms with E-state index in [1.165, 1.54) is 0 Å². The number of aromatic nitrogens is 1. The second-order valence-corrected chi connectivity index (χ2v) is 16.0. The molecule has 3 heterocycles. The molecular formula is C41H57FN4O7. The number of amides is 3. The number of pyridine rings is 1. The first-order valence-corrected chi connectivity index (χ1v) is 18.8. The smallest absolute Gasteiger partial charge is 0.410 e. The highest BCUT2D eigenvalue weighted by Crippen LogP contribution is 2.27. The molecule has 1 N–H and O–H groups in total. The molecule has 1 aromatic heterocycles. The first-order chi connectivity index (χ1) is 25.1. The lowest BCUT2D eigenvalue weighted by molar-refractivity contribution is -0.155. The lowest BCUT2D eigenvalue weighted by atomic mass is 9.91. The highest BCUT2D eigenvalue weighted by atomic mass is 19.1. The number of benzene rings is 1. The largest absolute Gasteiger partial charge is 0.491 e. The first-order valence-electron chi connectivity index (χ1n) is 18.8. The van der Waals surface area contributed by atoms with E-state index in [1.807, 2.05) is 57.2 Å². The number of piperidine rings is 2. The Kier molecular flexibility index (Phi) is 14.8. The minimum Gasteiger partial charge on any atom is -0.491 e. The van der Waals surface area contributed by atoms with Crippen molar-refractivity contribution in [2.24, 2.45) is 11.8 Å². The summed E-state index contributed by atoms with van der Waals surface area (Å²) < 4.78 is 29.1. The number of rotatable bonds is 13. The van der Waals surface area contributed by atoms with Crippen LogP contribution < -0.4 is 10.1 Å². The SMILES string of the molecule is CC(C)(C)OC(=O)CC(NC(=O)[C@@H]1CCCN(C(=O)CCC2CCN(C(=O)OC(C)(C)C)CC2)C1)c1cncc(C=Cc2cccc(OCCF)c2)c1. The summed E-state index contributed by atoms with van der Waals surface area (Å²) in [5.41, 5.74) is 1.02. The van der Waals surface area contributed by atoms with Crippen LogP contribution in [-0.2, 0) is 23.9 Å². The highest BCUT2D eigenvalue weighted by Gasteiger charge is 2.32. The molecule has 1 unspecified atom stereocenters. The summed E-state index contributed by atoms with van der Waals surface area (Å²) in [6.45, 7) is 12.5. The van der Waals surface area contributed by atoms with E-state index in [-0.39, 0.29) is 30.9 Å². The Balaban J connectivity index is 1.37. The van der Waals surface area contributed by atoms with E-state index in [9.17, 15) is 23.6 Å². The number of nitrogens with zero attached hydrogens (tertiary/aromatic N) is 3. The maximum Gasteiger partial charge on any atom is 0.410 e. The van der Waals surface area contributed by atoms with Crippen LogP contribution in [0.4, 0.5) is 9.18 Å². The molecule has 0 saturated carbocycles. The van der Waals surface area contributed by atoms with Crippen molar-refractivity contribution in [2.75, 3.05) is 39.5 Å². The molecule has 12 heteroatoms. The van der Waals surface area contributed by atoms with Crippen molar-refractivity contribution in [3.05, 3.63) is 59.4 Å². The Hall–Kier alpha value is -4.48. The summed E-state index contributed by atoms with van der Waals surface area (Å²) in [6, 6.07) is 8.47. The Bertz CT molecular complexity index is 1580. The molecule has 2 aliphatic heterocycles. The van der Waals surface area contributed by atoms with Gasteiger partial charge in [-0.3, -0.25) is 19.4 Å². The lowest BCUT2D eigenvalue weighted by Gasteiger charge is -2.35. The van der Waals surface area contributed by atoms with Crippen LogP contribution in [0.25, 0.3) is 12.2 Å². The number of likely N-dealkylation sites (tertiary alicyclic amines) is 2. The number of hydrogen-bond acceptors (Lipinski definition) is 8. The summed E-state index contributed by atoms with van der Waals surface area (Å²) >= 11 is 0. The topological polar surface area (TPSA) is 127 Å². The zero-order valence-electron chi connectivity index (χ0n) is 32.2. The van der Waals surface area contributed by atoms with Gasteiger partial charge in [-0.25, -0.2) is 9.18 Å². The van der Waals surface area contributed by atoms with Gasteiger partial charge >= 0.3 is 12.1 Å². The molecule has 290 valence electrons. The molecule has 53 heavy (non-hydrogen) atoms. The molecule has 4 rings (SSSR count). The second kappa shape index (κ2) is 19.0. The summed E-state index contributed by atoms with van der Waals surface area (Å²) in [5.74, 6) is -0.152. The van der Waals surface area contributed by atoms with Gasteiger partial charge < -0.3 is 29.3 Å². The fraction of sp³-hybridized carbons (Fsp3) is 0.585. The molecule has 11 nitrogen and oxygen atoms in total. The van der Waals surface area contributed by atoms with E-state index in [1.54, 1.807) is 49.0 Å². The fourth-order valence-corrected chi connectivity index (χ4v) is 6.54. The number of ether oxygens (including phenoxy) is 3. The van der Waals surface area contributed by atoms with Crippen molar-refractivity contribution >= 4 is 36.0 Å². The maximum absolute atomic E-state index is 13.8. The summed E-state index contributed by atoms with van der Waals surface area (Å²) in [5, 5.41) is 3.09. The molecule has 0 spiro atoms. The molecule has 2 fully saturated rings. The second-order valence-electron chi connectivity index (χ2n) is 16.0. The predicted molar refractivity (Wildman–Crippen MR) is 201 cm³/mol. The minimum absolute atomic E-state index is 0.0154. The van der Waals surface area contributed by atoms with Gasteiger partial charge in [0.05, 0.1) is 18.4 Å². The van der Waals surface area contributed by atoms with Crippen molar-refractivity contribution in [1.82, 2.24) is 20.1 Å². The zero-order chi connectivity index (χ0) is 38.6. The van der Waals surface area contributed by atoms with Crippen molar-refractivity contribution in [1.29, 1.82) is 0 Å². The van der Waals surface area contributed by atoms with Gasteiger partial charge in [0.2, 0.25) is 11.8 Å². The van der Waals surface area contributed by atoms with Crippen molar-refractivity contribution in [3.63, 3.8) is 0 Å². The van der Waals surface area contributed by atoms with Gasteiger partial charge in [-0.1, -0.05) is 24.3 Å². The summed E-state index contributed by atoms with van der Waals surface area (Å²) in [7, 11) is 0. The van der Waals surface area contributed by atoms with Gasteiger partial charge in [0.1, 0.15) is 30.2 Å². The Morgan fingerprint density at radius 1 is 0.925 bits per heavy atom. The molecule has 0 aliphatic carbocycles. The number of alkyl halides is 1. The maximum atomic E-state index is 13.8. The average Bonchev–Trinajstić information content (AvgIpc) is 3.11. The van der Waals surface area contributed by atoms with Crippen LogP contribution >= 0.6 is 0 Å². The number of hydrogen-bond donors (Lipinski definition) is 1. The van der Waals surface area contributed by atoms with Gasteiger partial charge in [0.15, 0.2) is 0 Å². The van der Waals surface area contributed by atoms with E-state index in [0.29, 0.717) is 62.7 Å². The van der Waals surface area contributed by atoms with Crippen LogP contribution in [0, 0.1) is 11.8 Å². The van der Waals surface area contributed by atoms with Crippen molar-refractivity contribution in [2.45, 2.75) is 104 Å². The molecule has 0 bridgehead atoms. The third-order valence-electron chi connectivity index (χ3n) is 9.14. The molecular weight excluding hydrogens is 679 g/mol. The van der Waals surface area contributed by atoms with Crippen LogP contribution in [0.5, 0.6) is 5.75 Å². The van der Waals surface area contributed by atoms with Gasteiger partial charge in [0, 0.05) is 45.0 Å². The molecule has 2 atom stereocenters. The first kappa shape index (κ1) is 41.3. The van der Waals surface area contributed by atoms with Crippen LogP contribution in [0.15, 0.2) is 42.7 Å². The zero-order valence-corrected chi connectivity index (χ0v) is 32.2. The van der Waals surface area contributed by atoms with Crippen molar-refractivity contribution in [3.8, 4) is 5.75 Å². The number of nitrogens with one attached hydrogen (secondary N) is 1. The number of halogens is 1. The third kappa shape index (κ3) is 14.1. The van der Waals surface area contributed by atoms with Gasteiger partial charge in [-0.2, -0.15) is 0 Å². The van der Waals surface area contributed by atoms with Crippen LogP contribution in [-0.4, -0.2) is 89.3 Å². The molecule has 2 aromatic rings. The van der Waals surface area contributed by atoms with E-state index in [2.05, 4.69) is 10.3 Å². The number of carbonyl (C=O) groups is 4. The van der Waals surface area contributed by atoms with Crippen molar-refractivity contribution < 1.29 is 37.8 Å². The molecule has 2 aliphatic rings. The van der Waals surface area contributed by atoms with E-state index < -0.39 is 35.8 Å². The normalized spacial score (nSPS) is 17.7. The van der Waals surface area contributed by atoms with E-state index in [0.717, 1.165) is 30.4 Å². The van der Waals surface area contributed by atoms with Gasteiger partial charge in [-0.15, -0.1) is 0 Å². The molecule has 3 amide bonds. The molecule has 2 saturated heterocycles. The van der Waals surface area contributed by atoms with Crippen LogP contribution in [0.3, 0.4) is 0 Å². The average molecular weight is 737 g/mol. The Morgan fingerprint density at radius 2 is 1.64 bits per heavy atom. The monoisotopic (exact) mass is 736 g/mol. The van der Waals surface area contributed by atoms with E-state index in [4.69, 9.17) is 14.2 Å². The Morgan fingerprint density at radius 3 is 2.34 bits per heavy atom. The minimum atomic E-state index is -0.701. The van der Waals surface area contributed by atoms with Gasteiger partial charge in [0.25, 0.3) is 0 Å². The van der Waals surface area contributed by atoms with Crippen LogP contribution in [0.1, 0.15) is 109 Å². The summed E-state index contributed by atoms with van der Waals surface area (Å²) in [6.07, 6.45) is 10.8. The van der Waals surface area contributed by atoms with Gasteiger partial charge in [-0.05, 0) is 114 Å². The quantitative estimate of drug-likeness (QED) is 0.215. The van der Waals surface area contributed by atoms with Crippen LogP contribution in [0.2, 0.25) is 0 Å². The van der Waals surface area contributed by atoms with E-state index >= 15 is 0 Å². The standard InChI is InChI=1S/C41H57FN4O7/c1-40(2,3)52-37(48)25-35(33-23-31(26-43-27-33)13-12-30-9-7-11-34(24-30)51-22-18-42)44-38(49)32-10-8-19-46(28-32)36(47)15-14-29-16-20-45(21-17-29)39(50)53-41(4,5)6/h7,9,11-13,23-24,26-27,29,32,35H,8,10,14-22,25,28H2,1-6H3,(H,44,49)/t32-,35?/m1/s1. The number of carbonyl (C=O) groups excluding carboxylic acids is 4. The number of esters is 1. The Labute approximate surface area is 313 Å². The molecule has 0 radical (unpaired) electrons. The predicted octanol–water partition coefficient (Wildman–Crippen LogP) is 7.16. The fourth-order valence-electron chi connectivity index (χ4n) is 6.54. The highest BCUT2D eigenvalue weighted by molar-refractivity contribution is 5.82. The third-order valence-corrected chi connectivity index (χ3v) is 9.14. The lowest BCUT2D eigenvalue weighted by Crippen LogP contribution is -2.46. The summed E-state index contributed by atoms with van der Waals surface area (Å²) in [4.78, 5) is 60.5.